The number of hydrogen-bond acceptors (Lipinski definition) is 2. The number of anilines is 1. The highest BCUT2D eigenvalue weighted by Gasteiger charge is 2.19. The van der Waals surface area contributed by atoms with E-state index in [4.69, 9.17) is 18.0 Å². The van der Waals surface area contributed by atoms with Crippen LogP contribution in [0.3, 0.4) is 0 Å². The molecule has 0 spiro atoms. The van der Waals surface area contributed by atoms with Crippen molar-refractivity contribution in [1.82, 2.24) is 0 Å². The molecule has 1 aromatic carbocycles. The maximum atomic E-state index is 14.6. The van der Waals surface area contributed by atoms with E-state index in [2.05, 4.69) is 48.5 Å². The largest absolute Gasteiger partial charge is 0.389 e. The van der Waals surface area contributed by atoms with Crippen LogP contribution in [0.15, 0.2) is 16.6 Å². The van der Waals surface area contributed by atoms with Crippen molar-refractivity contribution in [2.45, 2.75) is 27.7 Å². The summed E-state index contributed by atoms with van der Waals surface area (Å²) < 4.78 is 14.9. The monoisotopic (exact) mass is 360 g/mol. The molecule has 2 nitrogen and oxygen atoms in total. The summed E-state index contributed by atoms with van der Waals surface area (Å²) in [7, 11) is 0. The van der Waals surface area contributed by atoms with Crippen molar-refractivity contribution < 1.29 is 4.39 Å². The molecule has 1 rings (SSSR count). The summed E-state index contributed by atoms with van der Waals surface area (Å²) in [5, 5.41) is 0. The molecule has 0 saturated heterocycles. The van der Waals surface area contributed by atoms with Gasteiger partial charge >= 0.3 is 0 Å². The van der Waals surface area contributed by atoms with Crippen LogP contribution >= 0.6 is 28.1 Å². The Morgan fingerprint density at radius 2 is 1.75 bits per heavy atom. The Kier molecular flexibility index (Phi) is 6.40. The molecule has 0 aliphatic heterocycles. The number of hydrogen-bond donors (Lipinski definition) is 1. The van der Waals surface area contributed by atoms with Crippen molar-refractivity contribution in [2.75, 3.05) is 18.0 Å². The van der Waals surface area contributed by atoms with E-state index in [0.717, 1.165) is 13.1 Å². The van der Waals surface area contributed by atoms with Gasteiger partial charge in [0.05, 0.1) is 10.2 Å². The molecule has 0 fully saturated rings. The zero-order chi connectivity index (χ0) is 15.4. The second-order valence-electron chi connectivity index (χ2n) is 5.82. The average Bonchev–Trinajstić information content (AvgIpc) is 2.30. The molecule has 0 atom stereocenters. The number of benzene rings is 1. The normalized spacial score (nSPS) is 11.2. The van der Waals surface area contributed by atoms with E-state index in [0.29, 0.717) is 27.6 Å². The van der Waals surface area contributed by atoms with E-state index in [1.54, 1.807) is 12.1 Å². The highest BCUT2D eigenvalue weighted by atomic mass is 79.9. The third-order valence-electron chi connectivity index (χ3n) is 2.84. The minimum Gasteiger partial charge on any atom is -0.389 e. The lowest BCUT2D eigenvalue weighted by atomic mass is 10.1. The predicted molar refractivity (Wildman–Crippen MR) is 91.9 cm³/mol. The molecule has 0 unspecified atom stereocenters. The molecule has 0 radical (unpaired) electrons. The number of nitrogens with two attached hydrogens (primary N) is 1. The van der Waals surface area contributed by atoms with Crippen LogP contribution in [0.25, 0.3) is 0 Å². The molecule has 0 heterocycles. The van der Waals surface area contributed by atoms with Gasteiger partial charge in [-0.05, 0) is 39.9 Å². The predicted octanol–water partition coefficient (Wildman–Crippen LogP) is 4.34. The van der Waals surface area contributed by atoms with Crippen molar-refractivity contribution in [3.05, 3.63) is 28.0 Å². The van der Waals surface area contributed by atoms with Gasteiger partial charge in [0.25, 0.3) is 0 Å². The van der Waals surface area contributed by atoms with E-state index in [1.807, 2.05) is 0 Å². The number of halogens is 2. The van der Waals surface area contributed by atoms with E-state index in [9.17, 15) is 4.39 Å². The summed E-state index contributed by atoms with van der Waals surface area (Å²) >= 11 is 8.19. The topological polar surface area (TPSA) is 29.3 Å². The molecule has 1 aromatic rings. The fourth-order valence-corrected chi connectivity index (χ4v) is 2.98. The lowest BCUT2D eigenvalue weighted by Crippen LogP contribution is -2.32. The van der Waals surface area contributed by atoms with Gasteiger partial charge in [-0.1, -0.05) is 39.9 Å². The molecular formula is C15H22BrFN2S. The van der Waals surface area contributed by atoms with Crippen LogP contribution in [-0.2, 0) is 0 Å². The highest BCUT2D eigenvalue weighted by molar-refractivity contribution is 9.10. The first-order valence-electron chi connectivity index (χ1n) is 6.76. The van der Waals surface area contributed by atoms with Crippen LogP contribution in [0.4, 0.5) is 10.1 Å². The van der Waals surface area contributed by atoms with Gasteiger partial charge in [0.1, 0.15) is 4.99 Å². The summed E-state index contributed by atoms with van der Waals surface area (Å²) in [5.74, 6) is 0.626. The first kappa shape index (κ1) is 17.4. The molecule has 20 heavy (non-hydrogen) atoms. The third kappa shape index (κ3) is 4.42. The van der Waals surface area contributed by atoms with Crippen LogP contribution in [0.5, 0.6) is 0 Å². The molecule has 0 aromatic heterocycles. The lowest BCUT2D eigenvalue weighted by Gasteiger charge is -2.29. The highest BCUT2D eigenvalue weighted by Crippen LogP contribution is 2.30. The molecule has 0 aliphatic rings. The van der Waals surface area contributed by atoms with Gasteiger partial charge in [-0.15, -0.1) is 0 Å². The SMILES string of the molecule is CC(C)CN(CC(C)C)c1ccc(C(N)=S)c(Br)c1F. The van der Waals surface area contributed by atoms with Gasteiger partial charge in [-0.2, -0.15) is 0 Å². The Hall–Kier alpha value is -0.680. The van der Waals surface area contributed by atoms with Gasteiger partial charge in [0, 0.05) is 18.7 Å². The van der Waals surface area contributed by atoms with E-state index in [1.165, 1.54) is 0 Å². The number of thiocarbonyl (C=S) groups is 1. The van der Waals surface area contributed by atoms with Gasteiger partial charge in [0.15, 0.2) is 5.82 Å². The summed E-state index contributed by atoms with van der Waals surface area (Å²) in [5.41, 5.74) is 6.73. The van der Waals surface area contributed by atoms with E-state index in [-0.39, 0.29) is 10.8 Å². The second-order valence-corrected chi connectivity index (χ2v) is 7.05. The maximum absolute atomic E-state index is 14.6. The first-order valence-corrected chi connectivity index (χ1v) is 7.96. The summed E-state index contributed by atoms with van der Waals surface area (Å²) in [6, 6.07) is 3.54. The van der Waals surface area contributed by atoms with Crippen molar-refractivity contribution >= 4 is 38.8 Å². The Balaban J connectivity index is 3.20. The summed E-state index contributed by atoms with van der Waals surface area (Å²) in [4.78, 5) is 2.28. The fraction of sp³-hybridized carbons (Fsp3) is 0.533. The van der Waals surface area contributed by atoms with Gasteiger partial charge < -0.3 is 10.6 Å². The van der Waals surface area contributed by atoms with Crippen LogP contribution in [0, 0.1) is 17.7 Å². The van der Waals surface area contributed by atoms with E-state index >= 15 is 0 Å². The molecule has 0 bridgehead atoms. The standard InChI is InChI=1S/C15H22BrFN2S/c1-9(2)7-19(8-10(3)4)12-6-5-11(15(18)20)13(16)14(12)17/h5-6,9-10H,7-8H2,1-4H3,(H2,18,20). The van der Waals surface area contributed by atoms with Gasteiger partial charge in [-0.3, -0.25) is 0 Å². The molecule has 0 saturated carbocycles. The van der Waals surface area contributed by atoms with Crippen molar-refractivity contribution in [3.63, 3.8) is 0 Å². The van der Waals surface area contributed by atoms with E-state index < -0.39 is 0 Å². The van der Waals surface area contributed by atoms with Gasteiger partial charge in [0.2, 0.25) is 0 Å². The Labute approximate surface area is 134 Å². The molecule has 5 heteroatoms. The zero-order valence-corrected chi connectivity index (χ0v) is 14.8. The maximum Gasteiger partial charge on any atom is 0.161 e. The number of rotatable bonds is 6. The van der Waals surface area contributed by atoms with Crippen molar-refractivity contribution in [3.8, 4) is 0 Å². The lowest BCUT2D eigenvalue weighted by molar-refractivity contribution is 0.536. The van der Waals surface area contributed by atoms with Crippen LogP contribution in [0.1, 0.15) is 33.3 Å². The summed E-state index contributed by atoms with van der Waals surface area (Å²) in [6.07, 6.45) is 0. The molecular weight excluding hydrogens is 339 g/mol. The fourth-order valence-electron chi connectivity index (χ4n) is 2.13. The Morgan fingerprint density at radius 1 is 1.25 bits per heavy atom. The first-order chi connectivity index (χ1) is 9.23. The Morgan fingerprint density at radius 3 is 2.15 bits per heavy atom. The Bertz CT molecular complexity index is 479. The van der Waals surface area contributed by atoms with Gasteiger partial charge in [-0.25, -0.2) is 4.39 Å². The number of nitrogens with zero attached hydrogens (tertiary/aromatic N) is 1. The van der Waals surface area contributed by atoms with Crippen LogP contribution in [0.2, 0.25) is 0 Å². The minimum atomic E-state index is -0.295. The van der Waals surface area contributed by atoms with Crippen LogP contribution < -0.4 is 10.6 Å². The molecule has 0 amide bonds. The van der Waals surface area contributed by atoms with Crippen molar-refractivity contribution in [2.24, 2.45) is 17.6 Å². The van der Waals surface area contributed by atoms with Crippen molar-refractivity contribution in [1.29, 1.82) is 0 Å². The molecule has 112 valence electrons. The summed E-state index contributed by atoms with van der Waals surface area (Å²) in [6.45, 7) is 10.1. The van der Waals surface area contributed by atoms with Crippen LogP contribution in [-0.4, -0.2) is 18.1 Å². The zero-order valence-electron chi connectivity index (χ0n) is 12.4. The molecule has 0 aliphatic carbocycles. The minimum absolute atomic E-state index is 0.196. The third-order valence-corrected chi connectivity index (χ3v) is 3.83. The quantitative estimate of drug-likeness (QED) is 0.765. The average molecular weight is 361 g/mol. The smallest absolute Gasteiger partial charge is 0.161 e. The second kappa shape index (κ2) is 7.36. The molecule has 2 N–H and O–H groups in total.